The summed E-state index contributed by atoms with van der Waals surface area (Å²) in [7, 11) is -11.3. The summed E-state index contributed by atoms with van der Waals surface area (Å²) in [5.41, 5.74) is -3.55. The molecule has 0 fully saturated rings. The summed E-state index contributed by atoms with van der Waals surface area (Å²) in [6, 6.07) is 8.06. The summed E-state index contributed by atoms with van der Waals surface area (Å²) in [5.74, 6) is -8.89. The van der Waals surface area contributed by atoms with Crippen molar-refractivity contribution in [1.29, 1.82) is 5.26 Å². The second kappa shape index (κ2) is 11.6. The van der Waals surface area contributed by atoms with E-state index in [1.807, 2.05) is 0 Å². The van der Waals surface area contributed by atoms with E-state index in [0.717, 1.165) is 0 Å². The summed E-state index contributed by atoms with van der Waals surface area (Å²) < 4.78 is 129. The summed E-state index contributed by atoms with van der Waals surface area (Å²) in [6.07, 6.45) is -1.92. The molecule has 0 saturated carbocycles. The number of alkyl halides is 3. The van der Waals surface area contributed by atoms with Crippen LogP contribution in [0.2, 0.25) is 0 Å². The van der Waals surface area contributed by atoms with Gasteiger partial charge in [-0.2, -0.15) is 27.5 Å². The lowest BCUT2D eigenvalue weighted by atomic mass is 10.0. The molecule has 0 radical (unpaired) electrons. The van der Waals surface area contributed by atoms with Gasteiger partial charge in [0.25, 0.3) is 10.0 Å². The van der Waals surface area contributed by atoms with Gasteiger partial charge in [-0.05, 0) is 31.4 Å². The van der Waals surface area contributed by atoms with Crippen LogP contribution in [0.5, 0.6) is 5.75 Å². The third kappa shape index (κ3) is 6.43. The standard InChI is InChI=1S/C24H16F6N3O6PS2/c25-18-15-11-17(41-22(15)20(27)21(19(18)26)39-9-8-33-6-2-1-3-7-33)42(37,38)32-23(40(34,35)36)13-4-5-14(12-31)16(10-13)24(28,29)30/h1-7,10-11,23,32H,8-9H2,(H-,34,35,36)/p-1. The Hall–Kier alpha value is -3.52. The molecule has 2 aromatic carbocycles. The molecule has 0 saturated heterocycles. The number of halogens is 6. The predicted octanol–water partition coefficient (Wildman–Crippen LogP) is 3.47. The van der Waals surface area contributed by atoms with Gasteiger partial charge in [-0.1, -0.05) is 12.1 Å². The molecule has 9 nitrogen and oxygen atoms in total. The van der Waals surface area contributed by atoms with Crippen LogP contribution < -0.4 is 23.8 Å². The van der Waals surface area contributed by atoms with Gasteiger partial charge in [0.2, 0.25) is 5.82 Å². The fraction of sp³-hybridized carbons (Fsp3) is 0.167. The Labute approximate surface area is 237 Å². The Morgan fingerprint density at radius 3 is 2.33 bits per heavy atom. The van der Waals surface area contributed by atoms with Gasteiger partial charge < -0.3 is 19.1 Å². The van der Waals surface area contributed by atoms with Crippen molar-refractivity contribution >= 4 is 39.0 Å². The highest BCUT2D eigenvalue weighted by molar-refractivity contribution is 7.92. The molecule has 0 bridgehead atoms. The highest BCUT2D eigenvalue weighted by Crippen LogP contribution is 2.46. The zero-order valence-electron chi connectivity index (χ0n) is 20.6. The van der Waals surface area contributed by atoms with E-state index in [-0.39, 0.29) is 30.6 Å². The predicted molar refractivity (Wildman–Crippen MR) is 131 cm³/mol. The molecule has 1 atom stereocenters. The van der Waals surface area contributed by atoms with Crippen LogP contribution in [0.3, 0.4) is 0 Å². The van der Waals surface area contributed by atoms with Gasteiger partial charge >= 0.3 is 6.18 Å². The van der Waals surface area contributed by atoms with Crippen molar-refractivity contribution in [2.75, 3.05) is 6.61 Å². The monoisotopic (exact) mass is 650 g/mol. The number of sulfonamides is 1. The lowest BCUT2D eigenvalue weighted by molar-refractivity contribution is -0.697. The van der Waals surface area contributed by atoms with Crippen LogP contribution in [-0.2, 0) is 27.3 Å². The number of pyridine rings is 1. The van der Waals surface area contributed by atoms with Gasteiger partial charge in [-0.25, -0.2) is 21.8 Å². The Balaban J connectivity index is 1.70. The van der Waals surface area contributed by atoms with Crippen LogP contribution >= 0.6 is 18.9 Å². The highest BCUT2D eigenvalue weighted by Gasteiger charge is 2.36. The van der Waals surface area contributed by atoms with Crippen molar-refractivity contribution in [2.24, 2.45) is 0 Å². The first-order chi connectivity index (χ1) is 19.5. The molecule has 0 aliphatic rings. The van der Waals surface area contributed by atoms with Crippen LogP contribution in [0.15, 0.2) is 59.1 Å². The molecule has 2 heterocycles. The van der Waals surface area contributed by atoms with Crippen molar-refractivity contribution in [2.45, 2.75) is 22.7 Å². The van der Waals surface area contributed by atoms with Gasteiger partial charge in [0, 0.05) is 17.5 Å². The first-order valence-corrected chi connectivity index (χ1v) is 15.3. The molecule has 2 aromatic heterocycles. The number of thiophene rings is 1. The van der Waals surface area contributed by atoms with Gasteiger partial charge in [0.1, 0.15) is 10.8 Å². The number of ether oxygens (including phenoxy) is 1. The van der Waals surface area contributed by atoms with Gasteiger partial charge in [0.15, 0.2) is 36.3 Å². The normalized spacial score (nSPS) is 13.2. The third-order valence-electron chi connectivity index (χ3n) is 5.74. The molecule has 1 unspecified atom stereocenters. The second-order valence-electron chi connectivity index (χ2n) is 8.52. The number of nitriles is 1. The van der Waals surface area contributed by atoms with Crippen molar-refractivity contribution in [1.82, 2.24) is 4.72 Å². The van der Waals surface area contributed by atoms with Crippen molar-refractivity contribution in [3.8, 4) is 11.8 Å². The molecular formula is C24H15F6N3O6PS2-. The molecule has 4 aromatic rings. The van der Waals surface area contributed by atoms with Crippen molar-refractivity contribution in [3.05, 3.63) is 89.0 Å². The number of nitrogens with zero attached hydrogens (tertiary/aromatic N) is 2. The largest absolute Gasteiger partial charge is 0.809 e. The first-order valence-electron chi connectivity index (χ1n) is 11.4. The number of hydrogen-bond acceptors (Lipinski definition) is 8. The van der Waals surface area contributed by atoms with Crippen molar-refractivity contribution in [3.63, 3.8) is 0 Å². The SMILES string of the molecule is N#Cc1ccc(C(NS(=O)(=O)c2cc3c(F)c(F)c(OCC[n+]4ccccc4)c(F)c3s2)P(=O)([O-])[O-])cc1C(F)(F)F. The Bertz CT molecular complexity index is 1860. The summed E-state index contributed by atoms with van der Waals surface area (Å²) in [4.78, 5) is 23.9. The van der Waals surface area contributed by atoms with E-state index < -0.39 is 83.8 Å². The molecule has 0 aliphatic carbocycles. The maximum Gasteiger partial charge on any atom is 0.417 e. The summed E-state index contributed by atoms with van der Waals surface area (Å²) >= 11 is 0.0248. The third-order valence-corrected chi connectivity index (χ3v) is 10.0. The van der Waals surface area contributed by atoms with E-state index in [1.54, 1.807) is 35.2 Å². The molecule has 1 N–H and O–H groups in total. The molecule has 18 heteroatoms. The summed E-state index contributed by atoms with van der Waals surface area (Å²) in [6.45, 7) is -0.218. The number of rotatable bonds is 9. The highest BCUT2D eigenvalue weighted by atomic mass is 32.2. The van der Waals surface area contributed by atoms with Crippen LogP contribution in [0.4, 0.5) is 26.3 Å². The fourth-order valence-electron chi connectivity index (χ4n) is 3.79. The maximum atomic E-state index is 15.2. The summed E-state index contributed by atoms with van der Waals surface area (Å²) in [5, 5.41) is 8.06. The quantitative estimate of drug-likeness (QED) is 0.126. The molecule has 0 spiro atoms. The van der Waals surface area contributed by atoms with E-state index in [2.05, 4.69) is 0 Å². The minimum Gasteiger partial charge on any atom is -0.809 e. The smallest absolute Gasteiger partial charge is 0.417 e. The first kappa shape index (κ1) is 31.4. The second-order valence-corrected chi connectivity index (χ2v) is 13.1. The van der Waals surface area contributed by atoms with Gasteiger partial charge in [-0.15, -0.1) is 11.3 Å². The lowest BCUT2D eigenvalue weighted by Gasteiger charge is -2.38. The van der Waals surface area contributed by atoms with Crippen LogP contribution in [0, 0.1) is 28.8 Å². The Kier molecular flexibility index (Phi) is 8.70. The lowest BCUT2D eigenvalue weighted by Crippen LogP contribution is -2.35. The molecule has 0 amide bonds. The Morgan fingerprint density at radius 1 is 1.07 bits per heavy atom. The topological polar surface area (TPSA) is 146 Å². The molecular weight excluding hydrogens is 635 g/mol. The number of aromatic nitrogens is 1. The van der Waals surface area contributed by atoms with Gasteiger partial charge in [-0.3, -0.25) is 0 Å². The molecule has 0 aliphatic heterocycles. The number of hydrogen-bond donors (Lipinski definition) is 1. The zero-order chi connectivity index (χ0) is 31.0. The average Bonchev–Trinajstić information content (AvgIpc) is 3.39. The molecule has 42 heavy (non-hydrogen) atoms. The van der Waals surface area contributed by atoms with E-state index in [1.165, 1.54) is 10.8 Å². The zero-order valence-corrected chi connectivity index (χ0v) is 23.1. The van der Waals surface area contributed by atoms with Crippen LogP contribution in [0.25, 0.3) is 10.1 Å². The number of nitrogens with one attached hydrogen (secondary N) is 1. The van der Waals surface area contributed by atoms with E-state index in [4.69, 9.17) is 10.00 Å². The van der Waals surface area contributed by atoms with E-state index in [0.29, 0.717) is 18.2 Å². The van der Waals surface area contributed by atoms with Crippen LogP contribution in [0.1, 0.15) is 22.5 Å². The fourth-order valence-corrected chi connectivity index (χ4v) is 7.72. The minimum absolute atomic E-state index is 0.0248. The minimum atomic E-state index is -6.08. The van der Waals surface area contributed by atoms with E-state index in [9.17, 15) is 44.7 Å². The number of fused-ring (bicyclic) bond motifs is 1. The van der Waals surface area contributed by atoms with Crippen molar-refractivity contribution < 1.29 is 58.4 Å². The maximum absolute atomic E-state index is 15.2. The average molecular weight is 650 g/mol. The van der Waals surface area contributed by atoms with Crippen LogP contribution in [-0.4, -0.2) is 15.0 Å². The number of benzene rings is 2. The molecule has 4 rings (SSSR count). The van der Waals surface area contributed by atoms with Gasteiger partial charge in [0.05, 0.1) is 27.7 Å². The molecule has 222 valence electrons. The van der Waals surface area contributed by atoms with E-state index >= 15 is 4.39 Å². The Morgan fingerprint density at radius 2 is 1.74 bits per heavy atom.